The van der Waals surface area contributed by atoms with Crippen LogP contribution in [0.2, 0.25) is 0 Å². The highest BCUT2D eigenvalue weighted by atomic mass is 16.5. The van der Waals surface area contributed by atoms with Gasteiger partial charge in [-0.2, -0.15) is 0 Å². The van der Waals surface area contributed by atoms with E-state index < -0.39 is 0 Å². The Balaban J connectivity index is 2.52. The lowest BCUT2D eigenvalue weighted by Gasteiger charge is -2.20. The van der Waals surface area contributed by atoms with Gasteiger partial charge in [0.15, 0.2) is 0 Å². The molecule has 1 aromatic carbocycles. The van der Waals surface area contributed by atoms with Crippen molar-refractivity contribution in [3.63, 3.8) is 0 Å². The normalized spacial score (nSPS) is 13.4. The highest BCUT2D eigenvalue weighted by Gasteiger charge is 2.14. The zero-order chi connectivity index (χ0) is 14.5. The van der Waals surface area contributed by atoms with Crippen LogP contribution >= 0.6 is 0 Å². The second-order valence-corrected chi connectivity index (χ2v) is 6.39. The van der Waals surface area contributed by atoms with E-state index in [2.05, 4.69) is 52.8 Å². The Bertz CT molecular complexity index is 393. The molecule has 2 N–H and O–H groups in total. The maximum absolute atomic E-state index is 5.89. The van der Waals surface area contributed by atoms with Gasteiger partial charge in [0.25, 0.3) is 0 Å². The Morgan fingerprint density at radius 2 is 1.95 bits per heavy atom. The van der Waals surface area contributed by atoms with Crippen molar-refractivity contribution in [3.05, 3.63) is 29.3 Å². The van der Waals surface area contributed by atoms with Crippen LogP contribution in [0.25, 0.3) is 0 Å². The maximum atomic E-state index is 5.89. The van der Waals surface area contributed by atoms with E-state index in [1.165, 1.54) is 11.1 Å². The Kier molecular flexibility index (Phi) is 5.86. The van der Waals surface area contributed by atoms with E-state index in [0.717, 1.165) is 31.6 Å². The molecule has 1 rings (SSSR count). The lowest BCUT2D eigenvalue weighted by Crippen LogP contribution is -2.19. The van der Waals surface area contributed by atoms with Gasteiger partial charge in [0.2, 0.25) is 0 Å². The van der Waals surface area contributed by atoms with E-state index in [0.29, 0.717) is 6.04 Å². The van der Waals surface area contributed by atoms with Crippen LogP contribution in [-0.4, -0.2) is 12.6 Å². The van der Waals surface area contributed by atoms with Gasteiger partial charge >= 0.3 is 0 Å². The molecule has 0 aliphatic rings. The minimum absolute atomic E-state index is 0.192. The second-order valence-electron chi connectivity index (χ2n) is 6.39. The SMILES string of the molecule is CCC(N)CCCOc1ccc(C(C)(C)C)cc1C. The molecule has 108 valence electrons. The topological polar surface area (TPSA) is 35.2 Å². The highest BCUT2D eigenvalue weighted by molar-refractivity contribution is 5.38. The molecule has 0 fully saturated rings. The average molecular weight is 263 g/mol. The van der Waals surface area contributed by atoms with Crippen molar-refractivity contribution in [1.82, 2.24) is 0 Å². The second kappa shape index (κ2) is 6.95. The van der Waals surface area contributed by atoms with E-state index in [4.69, 9.17) is 10.5 Å². The van der Waals surface area contributed by atoms with Gasteiger partial charge in [-0.3, -0.25) is 0 Å². The monoisotopic (exact) mass is 263 g/mol. The number of rotatable bonds is 6. The molecule has 0 radical (unpaired) electrons. The number of ether oxygens (including phenoxy) is 1. The fourth-order valence-electron chi connectivity index (χ4n) is 2.01. The van der Waals surface area contributed by atoms with Gasteiger partial charge in [-0.1, -0.05) is 39.8 Å². The van der Waals surface area contributed by atoms with Crippen molar-refractivity contribution < 1.29 is 4.74 Å². The minimum Gasteiger partial charge on any atom is -0.493 e. The summed E-state index contributed by atoms with van der Waals surface area (Å²) in [4.78, 5) is 0. The predicted octanol–water partition coefficient (Wildman–Crippen LogP) is 4.19. The fourth-order valence-corrected chi connectivity index (χ4v) is 2.01. The van der Waals surface area contributed by atoms with Crippen LogP contribution in [0, 0.1) is 6.92 Å². The molecule has 0 bridgehead atoms. The summed E-state index contributed by atoms with van der Waals surface area (Å²) in [5.41, 5.74) is 8.65. The Morgan fingerprint density at radius 3 is 2.47 bits per heavy atom. The number of hydrogen-bond acceptors (Lipinski definition) is 2. The minimum atomic E-state index is 0.192. The third-order valence-electron chi connectivity index (χ3n) is 3.54. The van der Waals surface area contributed by atoms with Crippen LogP contribution in [0.5, 0.6) is 5.75 Å². The van der Waals surface area contributed by atoms with Crippen molar-refractivity contribution in [1.29, 1.82) is 0 Å². The molecule has 2 heteroatoms. The molecule has 2 nitrogen and oxygen atoms in total. The number of aryl methyl sites for hydroxylation is 1. The van der Waals surface area contributed by atoms with Crippen LogP contribution in [0.15, 0.2) is 18.2 Å². The van der Waals surface area contributed by atoms with E-state index in [1.54, 1.807) is 0 Å². The summed E-state index contributed by atoms with van der Waals surface area (Å²) in [5.74, 6) is 0.998. The van der Waals surface area contributed by atoms with Gasteiger partial charge in [0.1, 0.15) is 5.75 Å². The molecule has 1 unspecified atom stereocenters. The summed E-state index contributed by atoms with van der Waals surface area (Å²) in [6.45, 7) is 11.7. The lowest BCUT2D eigenvalue weighted by atomic mass is 9.86. The first-order chi connectivity index (χ1) is 8.84. The summed E-state index contributed by atoms with van der Waals surface area (Å²) in [6.07, 6.45) is 3.10. The molecule has 0 amide bonds. The van der Waals surface area contributed by atoms with Crippen LogP contribution in [0.1, 0.15) is 58.1 Å². The fraction of sp³-hybridized carbons (Fsp3) is 0.647. The molecular formula is C17H29NO. The first-order valence-corrected chi connectivity index (χ1v) is 7.34. The number of benzene rings is 1. The predicted molar refractivity (Wildman–Crippen MR) is 82.9 cm³/mol. The van der Waals surface area contributed by atoms with Crippen molar-refractivity contribution in [2.45, 2.75) is 65.3 Å². The van der Waals surface area contributed by atoms with Gasteiger partial charge in [-0.25, -0.2) is 0 Å². The lowest BCUT2D eigenvalue weighted by molar-refractivity contribution is 0.298. The maximum Gasteiger partial charge on any atom is 0.122 e. The van der Waals surface area contributed by atoms with Gasteiger partial charge in [-0.15, -0.1) is 0 Å². The van der Waals surface area contributed by atoms with Gasteiger partial charge < -0.3 is 10.5 Å². The van der Waals surface area contributed by atoms with E-state index in [1.807, 2.05) is 0 Å². The van der Waals surface area contributed by atoms with Gasteiger partial charge in [-0.05, 0) is 48.8 Å². The summed E-state index contributed by atoms with van der Waals surface area (Å²) in [7, 11) is 0. The molecule has 0 aliphatic carbocycles. The smallest absolute Gasteiger partial charge is 0.122 e. The first-order valence-electron chi connectivity index (χ1n) is 7.34. The van der Waals surface area contributed by atoms with E-state index in [9.17, 15) is 0 Å². The van der Waals surface area contributed by atoms with E-state index >= 15 is 0 Å². The van der Waals surface area contributed by atoms with Gasteiger partial charge in [0, 0.05) is 6.04 Å². The van der Waals surface area contributed by atoms with Crippen molar-refractivity contribution >= 4 is 0 Å². The molecule has 0 heterocycles. The summed E-state index contributed by atoms with van der Waals surface area (Å²) >= 11 is 0. The van der Waals surface area contributed by atoms with Crippen LogP contribution < -0.4 is 10.5 Å². The highest BCUT2D eigenvalue weighted by Crippen LogP contribution is 2.27. The summed E-state index contributed by atoms with van der Waals surface area (Å²) in [5, 5.41) is 0. The Labute approximate surface area is 118 Å². The third kappa shape index (κ3) is 5.23. The van der Waals surface area contributed by atoms with Crippen LogP contribution in [0.3, 0.4) is 0 Å². The summed E-state index contributed by atoms with van der Waals surface area (Å²) < 4.78 is 5.84. The average Bonchev–Trinajstić information content (AvgIpc) is 2.34. The standard InChI is InChI=1S/C17H29NO/c1-6-15(18)8-7-11-19-16-10-9-14(12-13(16)2)17(3,4)5/h9-10,12,15H,6-8,11,18H2,1-5H3. The van der Waals surface area contributed by atoms with Crippen molar-refractivity contribution in [2.75, 3.05) is 6.61 Å². The Morgan fingerprint density at radius 1 is 1.26 bits per heavy atom. The van der Waals surface area contributed by atoms with E-state index in [-0.39, 0.29) is 5.41 Å². The number of nitrogens with two attached hydrogens (primary N) is 1. The largest absolute Gasteiger partial charge is 0.493 e. The molecule has 0 saturated carbocycles. The van der Waals surface area contributed by atoms with Crippen molar-refractivity contribution in [2.24, 2.45) is 5.73 Å². The van der Waals surface area contributed by atoms with Crippen LogP contribution in [-0.2, 0) is 5.41 Å². The molecule has 1 atom stereocenters. The molecule has 0 spiro atoms. The quantitative estimate of drug-likeness (QED) is 0.781. The zero-order valence-corrected chi connectivity index (χ0v) is 13.1. The first kappa shape index (κ1) is 16.0. The third-order valence-corrected chi connectivity index (χ3v) is 3.54. The summed E-state index contributed by atoms with van der Waals surface area (Å²) in [6, 6.07) is 6.80. The molecule has 0 aromatic heterocycles. The zero-order valence-electron chi connectivity index (χ0n) is 13.1. The number of hydrogen-bond donors (Lipinski definition) is 1. The molecular weight excluding hydrogens is 234 g/mol. The molecule has 0 saturated heterocycles. The van der Waals surface area contributed by atoms with Gasteiger partial charge in [0.05, 0.1) is 6.61 Å². The van der Waals surface area contributed by atoms with Crippen molar-refractivity contribution in [3.8, 4) is 5.75 Å². The molecule has 1 aromatic rings. The Hall–Kier alpha value is -1.02. The molecule has 0 aliphatic heterocycles. The van der Waals surface area contributed by atoms with Crippen LogP contribution in [0.4, 0.5) is 0 Å². The molecule has 19 heavy (non-hydrogen) atoms.